The third kappa shape index (κ3) is 16.0. The molecule has 0 bridgehead atoms. The number of ether oxygens (including phenoxy) is 2. The fourth-order valence-electron chi connectivity index (χ4n) is 6.15. The molecule has 0 N–H and O–H groups in total. The van der Waals surface area contributed by atoms with Crippen LogP contribution in [0.1, 0.15) is 149 Å². The first-order valence-electron chi connectivity index (χ1n) is 16.5. The summed E-state index contributed by atoms with van der Waals surface area (Å²) in [4.78, 5) is 2.20. The maximum atomic E-state index is 6.11. The van der Waals surface area contributed by atoms with E-state index in [0.29, 0.717) is 0 Å². The minimum absolute atomic E-state index is 0.197. The van der Waals surface area contributed by atoms with Crippen LogP contribution >= 0.6 is 0 Å². The van der Waals surface area contributed by atoms with Gasteiger partial charge < -0.3 is 9.47 Å². The molecule has 0 aromatic heterocycles. The third-order valence-electron chi connectivity index (χ3n) is 8.93. The molecular formula is C33H65NO2. The standard InChI is InChI=1S/C33H65NO2/c1-5-7-9-10-15-19-24-36-33(34(3)4)22-25-35-23-18-14-12-11-13-17-21-30-27-32(30)28-31-26-29(31)20-16-8-6-2/h29-33H,5-28H2,1-4H3/t29-,30+,31-,32+,33?/m1/s1. The van der Waals surface area contributed by atoms with E-state index in [1.807, 2.05) is 0 Å². The Hall–Kier alpha value is -0.120. The van der Waals surface area contributed by atoms with Crippen molar-refractivity contribution in [2.45, 2.75) is 155 Å². The molecule has 2 aliphatic rings. The number of unbranched alkanes of at least 4 members (excludes halogenated alkanes) is 12. The van der Waals surface area contributed by atoms with Crippen LogP contribution in [0, 0.1) is 23.7 Å². The molecule has 2 aliphatic carbocycles. The quantitative estimate of drug-likeness (QED) is 0.0815. The van der Waals surface area contributed by atoms with Crippen molar-refractivity contribution in [3.8, 4) is 0 Å². The van der Waals surface area contributed by atoms with Crippen LogP contribution in [0.5, 0.6) is 0 Å². The molecule has 3 nitrogen and oxygen atoms in total. The van der Waals surface area contributed by atoms with E-state index >= 15 is 0 Å². The summed E-state index contributed by atoms with van der Waals surface area (Å²) in [5.74, 6) is 4.48. The molecule has 1 unspecified atom stereocenters. The smallest absolute Gasteiger partial charge is 0.112 e. The van der Waals surface area contributed by atoms with Crippen molar-refractivity contribution in [2.24, 2.45) is 23.7 Å². The highest BCUT2D eigenvalue weighted by Gasteiger charge is 2.44. The van der Waals surface area contributed by atoms with Crippen LogP contribution in [0.2, 0.25) is 0 Å². The zero-order valence-corrected chi connectivity index (χ0v) is 25.1. The molecule has 0 spiro atoms. The van der Waals surface area contributed by atoms with E-state index in [-0.39, 0.29) is 6.23 Å². The van der Waals surface area contributed by atoms with E-state index in [1.165, 1.54) is 109 Å². The largest absolute Gasteiger partial charge is 0.381 e. The molecule has 0 saturated heterocycles. The Morgan fingerprint density at radius 3 is 1.69 bits per heavy atom. The van der Waals surface area contributed by atoms with Crippen molar-refractivity contribution < 1.29 is 9.47 Å². The molecule has 0 aliphatic heterocycles. The van der Waals surface area contributed by atoms with Crippen molar-refractivity contribution in [1.82, 2.24) is 4.90 Å². The lowest BCUT2D eigenvalue weighted by atomic mass is 10.0. The van der Waals surface area contributed by atoms with Gasteiger partial charge in [-0.3, -0.25) is 4.90 Å². The Balaban J connectivity index is 1.30. The second kappa shape index (κ2) is 20.8. The van der Waals surface area contributed by atoms with Crippen molar-refractivity contribution in [3.05, 3.63) is 0 Å². The summed E-state index contributed by atoms with van der Waals surface area (Å²) in [5.41, 5.74) is 0. The lowest BCUT2D eigenvalue weighted by Crippen LogP contribution is -2.32. The summed E-state index contributed by atoms with van der Waals surface area (Å²) in [7, 11) is 4.24. The van der Waals surface area contributed by atoms with Crippen LogP contribution in [-0.2, 0) is 9.47 Å². The lowest BCUT2D eigenvalue weighted by Gasteiger charge is -2.24. The summed E-state index contributed by atoms with van der Waals surface area (Å²) in [6.45, 7) is 7.22. The normalized spacial score (nSPS) is 23.9. The van der Waals surface area contributed by atoms with Gasteiger partial charge in [-0.15, -0.1) is 0 Å². The van der Waals surface area contributed by atoms with E-state index in [9.17, 15) is 0 Å². The predicted octanol–water partition coefficient (Wildman–Crippen LogP) is 9.63. The van der Waals surface area contributed by atoms with Crippen molar-refractivity contribution in [3.63, 3.8) is 0 Å². The zero-order chi connectivity index (χ0) is 25.8. The SMILES string of the molecule is CCCCCCCCOC(CCOCCCCCCCC[C@H]1C[C@H]1C[C@H]1C[C@H]1CCCCC)N(C)C. The molecule has 0 aromatic carbocycles. The highest BCUT2D eigenvalue weighted by molar-refractivity contribution is 4.94. The molecule has 0 heterocycles. The summed E-state index contributed by atoms with van der Waals surface area (Å²) in [6, 6.07) is 0. The summed E-state index contributed by atoms with van der Waals surface area (Å²) in [5, 5.41) is 0. The van der Waals surface area contributed by atoms with Crippen molar-refractivity contribution >= 4 is 0 Å². The van der Waals surface area contributed by atoms with Gasteiger partial charge in [0, 0.05) is 19.6 Å². The molecule has 2 rings (SSSR count). The molecule has 214 valence electrons. The van der Waals surface area contributed by atoms with Crippen molar-refractivity contribution in [2.75, 3.05) is 33.9 Å². The van der Waals surface area contributed by atoms with Gasteiger partial charge in [0.2, 0.25) is 0 Å². The highest BCUT2D eigenvalue weighted by atomic mass is 16.5. The first kappa shape index (κ1) is 32.1. The van der Waals surface area contributed by atoms with Gasteiger partial charge in [0.1, 0.15) is 6.23 Å². The van der Waals surface area contributed by atoms with Gasteiger partial charge in [0.25, 0.3) is 0 Å². The monoisotopic (exact) mass is 508 g/mol. The van der Waals surface area contributed by atoms with E-state index in [2.05, 4.69) is 32.8 Å². The van der Waals surface area contributed by atoms with E-state index < -0.39 is 0 Å². The Bertz CT molecular complexity index is 496. The third-order valence-corrected chi connectivity index (χ3v) is 8.93. The number of hydrogen-bond donors (Lipinski definition) is 0. The second-order valence-electron chi connectivity index (χ2n) is 12.6. The minimum atomic E-state index is 0.197. The maximum Gasteiger partial charge on any atom is 0.112 e. The van der Waals surface area contributed by atoms with E-state index in [1.54, 1.807) is 19.3 Å². The maximum absolute atomic E-state index is 6.11. The van der Waals surface area contributed by atoms with Crippen LogP contribution in [-0.4, -0.2) is 45.0 Å². The summed E-state index contributed by atoms with van der Waals surface area (Å²) < 4.78 is 12.0. The van der Waals surface area contributed by atoms with E-state index in [0.717, 1.165) is 49.9 Å². The minimum Gasteiger partial charge on any atom is -0.381 e. The first-order valence-corrected chi connectivity index (χ1v) is 16.5. The van der Waals surface area contributed by atoms with Gasteiger partial charge in [-0.25, -0.2) is 0 Å². The number of hydrogen-bond acceptors (Lipinski definition) is 3. The number of rotatable bonds is 27. The van der Waals surface area contributed by atoms with Gasteiger partial charge in [-0.2, -0.15) is 0 Å². The topological polar surface area (TPSA) is 21.7 Å². The molecule has 0 aromatic rings. The lowest BCUT2D eigenvalue weighted by molar-refractivity contribution is -0.0560. The van der Waals surface area contributed by atoms with Gasteiger partial charge >= 0.3 is 0 Å². The summed E-state index contributed by atoms with van der Waals surface area (Å²) in [6.07, 6.45) is 29.5. The molecule has 5 atom stereocenters. The van der Waals surface area contributed by atoms with E-state index in [4.69, 9.17) is 9.47 Å². The molecule has 3 heteroatoms. The van der Waals surface area contributed by atoms with Crippen LogP contribution < -0.4 is 0 Å². The van der Waals surface area contributed by atoms with Gasteiger partial charge in [0.05, 0.1) is 6.61 Å². The summed E-state index contributed by atoms with van der Waals surface area (Å²) >= 11 is 0. The average molecular weight is 508 g/mol. The Morgan fingerprint density at radius 2 is 1.08 bits per heavy atom. The Morgan fingerprint density at radius 1 is 0.583 bits per heavy atom. The Labute approximate surface area is 226 Å². The molecule has 2 fully saturated rings. The molecule has 2 saturated carbocycles. The molecule has 0 amide bonds. The molecule has 0 radical (unpaired) electrons. The Kier molecular flexibility index (Phi) is 18.5. The van der Waals surface area contributed by atoms with Gasteiger partial charge in [0.15, 0.2) is 0 Å². The van der Waals surface area contributed by atoms with Crippen LogP contribution in [0.3, 0.4) is 0 Å². The molecular weight excluding hydrogens is 442 g/mol. The number of nitrogens with zero attached hydrogens (tertiary/aromatic N) is 1. The van der Waals surface area contributed by atoms with Gasteiger partial charge in [-0.1, -0.05) is 110 Å². The first-order chi connectivity index (χ1) is 17.7. The fraction of sp³-hybridized carbons (Fsp3) is 1.00. The highest BCUT2D eigenvalue weighted by Crippen LogP contribution is 2.54. The van der Waals surface area contributed by atoms with Crippen LogP contribution in [0.15, 0.2) is 0 Å². The second-order valence-corrected chi connectivity index (χ2v) is 12.6. The molecule has 36 heavy (non-hydrogen) atoms. The van der Waals surface area contributed by atoms with Gasteiger partial charge in [-0.05, 0) is 69.9 Å². The fourth-order valence-corrected chi connectivity index (χ4v) is 6.15. The van der Waals surface area contributed by atoms with Crippen LogP contribution in [0.25, 0.3) is 0 Å². The van der Waals surface area contributed by atoms with Crippen LogP contribution in [0.4, 0.5) is 0 Å². The predicted molar refractivity (Wildman–Crippen MR) is 157 cm³/mol. The van der Waals surface area contributed by atoms with Crippen molar-refractivity contribution in [1.29, 1.82) is 0 Å². The zero-order valence-electron chi connectivity index (χ0n) is 25.1. The average Bonchev–Trinajstić information content (AvgIpc) is 3.79.